The lowest BCUT2D eigenvalue weighted by Crippen LogP contribution is -2.54. The van der Waals surface area contributed by atoms with Gasteiger partial charge in [0, 0.05) is 13.1 Å². The molecule has 21 heavy (non-hydrogen) atoms. The minimum Gasteiger partial charge on any atom is -0.394 e. The summed E-state index contributed by atoms with van der Waals surface area (Å²) in [5.74, 6) is 0.679. The lowest BCUT2D eigenvalue weighted by molar-refractivity contribution is 0.102. The van der Waals surface area contributed by atoms with E-state index in [9.17, 15) is 5.11 Å². The third-order valence-electron chi connectivity index (χ3n) is 4.32. The van der Waals surface area contributed by atoms with E-state index in [0.717, 1.165) is 31.7 Å². The van der Waals surface area contributed by atoms with Crippen molar-refractivity contribution >= 4 is 0 Å². The molecule has 120 valence electrons. The average molecular weight is 292 g/mol. The number of hydrogen-bond acceptors (Lipinski definition) is 3. The molecule has 3 heteroatoms. The van der Waals surface area contributed by atoms with Gasteiger partial charge in [-0.2, -0.15) is 0 Å². The largest absolute Gasteiger partial charge is 0.394 e. The van der Waals surface area contributed by atoms with Crippen LogP contribution in [0.4, 0.5) is 0 Å². The van der Waals surface area contributed by atoms with Crippen LogP contribution in [-0.2, 0) is 5.54 Å². The molecule has 1 aromatic carbocycles. The predicted octanol–water partition coefficient (Wildman–Crippen LogP) is 2.85. The fraction of sp³-hybridized carbons (Fsp3) is 0.667. The molecule has 0 fully saturated rings. The van der Waals surface area contributed by atoms with Crippen molar-refractivity contribution in [1.29, 1.82) is 0 Å². The van der Waals surface area contributed by atoms with Crippen molar-refractivity contribution in [3.8, 4) is 0 Å². The van der Waals surface area contributed by atoms with Gasteiger partial charge in [-0.15, -0.1) is 0 Å². The highest BCUT2D eigenvalue weighted by atomic mass is 16.3. The van der Waals surface area contributed by atoms with E-state index in [4.69, 9.17) is 0 Å². The summed E-state index contributed by atoms with van der Waals surface area (Å²) in [7, 11) is 0. The number of likely N-dealkylation sites (N-methyl/N-ethyl adjacent to an activating group) is 2. The topological polar surface area (TPSA) is 35.5 Å². The lowest BCUT2D eigenvalue weighted by atomic mass is 9.89. The molecular weight excluding hydrogens is 260 g/mol. The van der Waals surface area contributed by atoms with E-state index in [1.54, 1.807) is 0 Å². The van der Waals surface area contributed by atoms with Crippen molar-refractivity contribution in [2.45, 2.75) is 39.7 Å². The van der Waals surface area contributed by atoms with Crippen LogP contribution in [0.3, 0.4) is 0 Å². The van der Waals surface area contributed by atoms with E-state index >= 15 is 0 Å². The van der Waals surface area contributed by atoms with Crippen LogP contribution in [0.25, 0.3) is 0 Å². The zero-order chi connectivity index (χ0) is 15.7. The van der Waals surface area contributed by atoms with Gasteiger partial charge in [-0.05, 0) is 24.6 Å². The maximum Gasteiger partial charge on any atom is 0.0797 e. The summed E-state index contributed by atoms with van der Waals surface area (Å²) in [5.41, 5.74) is 0.788. The molecule has 0 spiro atoms. The number of nitrogens with one attached hydrogen (secondary N) is 1. The minimum absolute atomic E-state index is 0.113. The Morgan fingerprint density at radius 3 is 2.33 bits per heavy atom. The van der Waals surface area contributed by atoms with Crippen molar-refractivity contribution < 1.29 is 5.11 Å². The molecule has 0 radical (unpaired) electrons. The zero-order valence-electron chi connectivity index (χ0n) is 14.1. The zero-order valence-corrected chi connectivity index (χ0v) is 14.1. The van der Waals surface area contributed by atoms with Crippen LogP contribution in [0, 0.1) is 5.92 Å². The highest BCUT2D eigenvalue weighted by Gasteiger charge is 2.32. The van der Waals surface area contributed by atoms with Crippen LogP contribution in [0.5, 0.6) is 0 Å². The van der Waals surface area contributed by atoms with Crippen molar-refractivity contribution in [3.63, 3.8) is 0 Å². The molecule has 0 aliphatic carbocycles. The summed E-state index contributed by atoms with van der Waals surface area (Å²) in [6, 6.07) is 10.3. The number of benzene rings is 1. The van der Waals surface area contributed by atoms with Gasteiger partial charge >= 0.3 is 0 Å². The Labute approximate surface area is 130 Å². The summed E-state index contributed by atoms with van der Waals surface area (Å²) in [5, 5.41) is 13.6. The second-order valence-corrected chi connectivity index (χ2v) is 5.98. The quantitative estimate of drug-likeness (QED) is 0.696. The van der Waals surface area contributed by atoms with Gasteiger partial charge in [0.1, 0.15) is 0 Å². The maximum absolute atomic E-state index is 10.1. The first-order valence-electron chi connectivity index (χ1n) is 8.25. The van der Waals surface area contributed by atoms with Gasteiger partial charge in [0.2, 0.25) is 0 Å². The lowest BCUT2D eigenvalue weighted by Gasteiger charge is -2.39. The Bertz CT molecular complexity index is 382. The minimum atomic E-state index is -0.376. The average Bonchev–Trinajstić information content (AvgIpc) is 2.54. The van der Waals surface area contributed by atoms with Gasteiger partial charge in [-0.1, -0.05) is 64.4 Å². The van der Waals surface area contributed by atoms with Crippen molar-refractivity contribution in [1.82, 2.24) is 10.2 Å². The van der Waals surface area contributed by atoms with Crippen LogP contribution in [-0.4, -0.2) is 42.8 Å². The molecule has 0 saturated carbocycles. The van der Waals surface area contributed by atoms with Gasteiger partial charge in [0.15, 0.2) is 0 Å². The monoisotopic (exact) mass is 292 g/mol. The molecule has 3 nitrogen and oxygen atoms in total. The van der Waals surface area contributed by atoms with Gasteiger partial charge in [-0.3, -0.25) is 0 Å². The Balaban J connectivity index is 2.96. The first-order chi connectivity index (χ1) is 10.1. The van der Waals surface area contributed by atoms with Gasteiger partial charge in [0.25, 0.3) is 0 Å². The molecule has 0 aliphatic rings. The Hall–Kier alpha value is -0.900. The molecule has 0 heterocycles. The van der Waals surface area contributed by atoms with E-state index in [1.165, 1.54) is 6.42 Å². The number of aliphatic hydroxyl groups is 1. The molecule has 1 aromatic rings. The third-order valence-corrected chi connectivity index (χ3v) is 4.32. The van der Waals surface area contributed by atoms with E-state index in [-0.39, 0.29) is 12.1 Å². The fourth-order valence-electron chi connectivity index (χ4n) is 2.80. The van der Waals surface area contributed by atoms with Crippen LogP contribution in [0.15, 0.2) is 30.3 Å². The SMILES string of the molecule is CCNC(CO)(CN(CC)CC(C)CC)c1ccccc1. The summed E-state index contributed by atoms with van der Waals surface area (Å²) >= 11 is 0. The fourth-order valence-corrected chi connectivity index (χ4v) is 2.80. The number of nitrogens with zero attached hydrogens (tertiary/aromatic N) is 1. The summed E-state index contributed by atoms with van der Waals surface area (Å²) in [6.07, 6.45) is 1.19. The molecule has 0 saturated heterocycles. The number of aliphatic hydroxyl groups excluding tert-OH is 1. The van der Waals surface area contributed by atoms with E-state index in [2.05, 4.69) is 50.0 Å². The smallest absolute Gasteiger partial charge is 0.0797 e. The third kappa shape index (κ3) is 5.10. The van der Waals surface area contributed by atoms with Crippen LogP contribution < -0.4 is 5.32 Å². The first-order valence-corrected chi connectivity index (χ1v) is 8.25. The molecule has 0 amide bonds. The summed E-state index contributed by atoms with van der Waals surface area (Å²) in [4.78, 5) is 2.44. The van der Waals surface area contributed by atoms with Gasteiger partial charge in [0.05, 0.1) is 12.1 Å². The number of hydrogen-bond donors (Lipinski definition) is 2. The molecule has 0 bridgehead atoms. The molecule has 0 aromatic heterocycles. The number of rotatable bonds is 10. The highest BCUT2D eigenvalue weighted by Crippen LogP contribution is 2.23. The van der Waals surface area contributed by atoms with E-state index in [0.29, 0.717) is 5.92 Å². The molecule has 2 N–H and O–H groups in total. The maximum atomic E-state index is 10.1. The second-order valence-electron chi connectivity index (χ2n) is 5.98. The first kappa shape index (κ1) is 18.1. The molecule has 1 rings (SSSR count). The van der Waals surface area contributed by atoms with E-state index < -0.39 is 0 Å². The van der Waals surface area contributed by atoms with E-state index in [1.807, 2.05) is 18.2 Å². The van der Waals surface area contributed by atoms with Gasteiger partial charge in [-0.25, -0.2) is 0 Å². The van der Waals surface area contributed by atoms with Crippen LogP contribution in [0.2, 0.25) is 0 Å². The standard InChI is InChI=1S/C18H32N2O/c1-5-16(4)13-20(7-3)14-18(15-21,19-6-2)17-11-9-8-10-12-17/h8-12,16,19,21H,5-7,13-15H2,1-4H3. The highest BCUT2D eigenvalue weighted by molar-refractivity contribution is 5.25. The Morgan fingerprint density at radius 2 is 1.86 bits per heavy atom. The summed E-state index contributed by atoms with van der Waals surface area (Å²) < 4.78 is 0. The van der Waals surface area contributed by atoms with Crippen LogP contribution >= 0.6 is 0 Å². The summed E-state index contributed by atoms with van der Waals surface area (Å²) in [6.45, 7) is 12.7. The van der Waals surface area contributed by atoms with Crippen molar-refractivity contribution in [3.05, 3.63) is 35.9 Å². The Morgan fingerprint density at radius 1 is 1.19 bits per heavy atom. The normalized spacial score (nSPS) is 15.9. The van der Waals surface area contributed by atoms with Crippen molar-refractivity contribution in [2.24, 2.45) is 5.92 Å². The van der Waals surface area contributed by atoms with Crippen molar-refractivity contribution in [2.75, 3.05) is 32.8 Å². The van der Waals surface area contributed by atoms with Crippen LogP contribution in [0.1, 0.15) is 39.7 Å². The predicted molar refractivity (Wildman–Crippen MR) is 90.5 cm³/mol. The second kappa shape index (κ2) is 9.19. The molecule has 0 aliphatic heterocycles. The molecule has 2 unspecified atom stereocenters. The Kier molecular flexibility index (Phi) is 7.94. The van der Waals surface area contributed by atoms with Gasteiger partial charge < -0.3 is 15.3 Å². The molecule has 2 atom stereocenters. The molecular formula is C18H32N2O.